The molecule has 1 aliphatic rings. The third kappa shape index (κ3) is 2.78. The molecule has 4 nitrogen and oxygen atoms in total. The van der Waals surface area contributed by atoms with Gasteiger partial charge in [0, 0.05) is 0 Å². The molecule has 1 aliphatic carbocycles. The van der Waals surface area contributed by atoms with Gasteiger partial charge in [-0.2, -0.15) is 0 Å². The Labute approximate surface area is 112 Å². The van der Waals surface area contributed by atoms with Crippen LogP contribution in [0.25, 0.3) is 0 Å². The zero-order valence-corrected chi connectivity index (χ0v) is 11.3. The molecule has 2 N–H and O–H groups in total. The predicted octanol–water partition coefficient (Wildman–Crippen LogP) is 1.77. The molecular weight excluding hydrogens is 242 g/mol. The van der Waals surface area contributed by atoms with Crippen molar-refractivity contribution in [1.82, 2.24) is 5.32 Å². The van der Waals surface area contributed by atoms with Gasteiger partial charge in [-0.3, -0.25) is 9.59 Å². The average Bonchev–Trinajstić information content (AvgIpc) is 2.38. The summed E-state index contributed by atoms with van der Waals surface area (Å²) in [5.74, 6) is -1.18. The summed E-state index contributed by atoms with van der Waals surface area (Å²) in [5, 5.41) is 11.4. The number of carbonyl (C=O) groups is 2. The van der Waals surface area contributed by atoms with Crippen molar-refractivity contribution in [3.63, 3.8) is 0 Å². The van der Waals surface area contributed by atoms with Gasteiger partial charge in [-0.05, 0) is 37.3 Å². The number of aryl methyl sites for hydroxylation is 1. The molecule has 2 atom stereocenters. The van der Waals surface area contributed by atoms with Crippen LogP contribution in [0.15, 0.2) is 24.3 Å². The monoisotopic (exact) mass is 261 g/mol. The first kappa shape index (κ1) is 13.6. The van der Waals surface area contributed by atoms with E-state index in [0.29, 0.717) is 6.42 Å². The molecule has 0 heterocycles. The molecule has 2 rings (SSSR count). The zero-order valence-electron chi connectivity index (χ0n) is 11.3. The first-order valence-electron chi connectivity index (χ1n) is 6.53. The van der Waals surface area contributed by atoms with E-state index in [2.05, 4.69) is 11.4 Å². The van der Waals surface area contributed by atoms with Crippen molar-refractivity contribution in [2.24, 2.45) is 5.41 Å². The van der Waals surface area contributed by atoms with E-state index >= 15 is 0 Å². The first-order chi connectivity index (χ1) is 8.92. The van der Waals surface area contributed by atoms with E-state index in [0.717, 1.165) is 12.8 Å². The van der Waals surface area contributed by atoms with Gasteiger partial charge < -0.3 is 10.4 Å². The molecule has 0 aromatic heterocycles. The van der Waals surface area contributed by atoms with Crippen LogP contribution >= 0.6 is 0 Å². The van der Waals surface area contributed by atoms with E-state index in [9.17, 15) is 9.59 Å². The number of aliphatic carboxylic acids is 1. The highest BCUT2D eigenvalue weighted by Gasteiger charge is 2.37. The predicted molar refractivity (Wildman–Crippen MR) is 71.8 cm³/mol. The van der Waals surface area contributed by atoms with Crippen LogP contribution in [0.3, 0.4) is 0 Å². The van der Waals surface area contributed by atoms with Crippen LogP contribution in [-0.4, -0.2) is 23.0 Å². The number of nitrogens with one attached hydrogen (secondary N) is 1. The SMILES string of the molecule is CC(NC(=O)C1(C)CCc2ccccc2C1)C(=O)O. The van der Waals surface area contributed by atoms with Crippen molar-refractivity contribution in [3.8, 4) is 0 Å². The molecule has 1 aromatic rings. The van der Waals surface area contributed by atoms with Crippen molar-refractivity contribution in [3.05, 3.63) is 35.4 Å². The van der Waals surface area contributed by atoms with E-state index in [1.54, 1.807) is 0 Å². The highest BCUT2D eigenvalue weighted by Crippen LogP contribution is 2.35. The summed E-state index contributed by atoms with van der Waals surface area (Å²) < 4.78 is 0. The molecule has 19 heavy (non-hydrogen) atoms. The molecule has 1 aromatic carbocycles. The summed E-state index contributed by atoms with van der Waals surface area (Å²) in [4.78, 5) is 23.1. The minimum atomic E-state index is -1.01. The van der Waals surface area contributed by atoms with Gasteiger partial charge in [0.15, 0.2) is 0 Å². The van der Waals surface area contributed by atoms with Crippen molar-refractivity contribution in [1.29, 1.82) is 0 Å². The molecule has 4 heteroatoms. The van der Waals surface area contributed by atoms with Gasteiger partial charge in [-0.15, -0.1) is 0 Å². The van der Waals surface area contributed by atoms with E-state index in [1.807, 2.05) is 25.1 Å². The molecule has 2 unspecified atom stereocenters. The maximum absolute atomic E-state index is 12.3. The number of rotatable bonds is 3. The summed E-state index contributed by atoms with van der Waals surface area (Å²) in [6, 6.07) is 7.27. The molecule has 0 aliphatic heterocycles. The van der Waals surface area contributed by atoms with E-state index in [4.69, 9.17) is 5.11 Å². The van der Waals surface area contributed by atoms with Gasteiger partial charge in [-0.1, -0.05) is 31.2 Å². The lowest BCUT2D eigenvalue weighted by atomic mass is 9.72. The highest BCUT2D eigenvalue weighted by molar-refractivity contribution is 5.87. The Hall–Kier alpha value is -1.84. The quantitative estimate of drug-likeness (QED) is 0.871. The number of fused-ring (bicyclic) bond motifs is 1. The second-order valence-corrected chi connectivity index (χ2v) is 5.54. The topological polar surface area (TPSA) is 66.4 Å². The third-order valence-corrected chi connectivity index (χ3v) is 3.91. The van der Waals surface area contributed by atoms with Crippen LogP contribution < -0.4 is 5.32 Å². The fourth-order valence-electron chi connectivity index (χ4n) is 2.52. The van der Waals surface area contributed by atoms with Gasteiger partial charge in [-0.25, -0.2) is 0 Å². The Morgan fingerprint density at radius 1 is 1.32 bits per heavy atom. The fourth-order valence-corrected chi connectivity index (χ4v) is 2.52. The standard InChI is InChI=1S/C15H19NO3/c1-10(13(17)18)16-14(19)15(2)8-7-11-5-3-4-6-12(11)9-15/h3-6,10H,7-9H2,1-2H3,(H,16,19)(H,17,18). The number of carbonyl (C=O) groups excluding carboxylic acids is 1. The molecular formula is C15H19NO3. The summed E-state index contributed by atoms with van der Waals surface area (Å²) in [6.07, 6.45) is 2.28. The Bertz CT molecular complexity index is 512. The molecule has 0 saturated heterocycles. The van der Waals surface area contributed by atoms with Gasteiger partial charge >= 0.3 is 5.97 Å². The number of carboxylic acids is 1. The fraction of sp³-hybridized carbons (Fsp3) is 0.467. The van der Waals surface area contributed by atoms with Gasteiger partial charge in [0.25, 0.3) is 0 Å². The Morgan fingerprint density at radius 3 is 2.58 bits per heavy atom. The van der Waals surface area contributed by atoms with Gasteiger partial charge in [0.1, 0.15) is 6.04 Å². The number of amides is 1. The van der Waals surface area contributed by atoms with Crippen molar-refractivity contribution < 1.29 is 14.7 Å². The molecule has 102 valence electrons. The lowest BCUT2D eigenvalue weighted by Crippen LogP contribution is -2.48. The number of benzene rings is 1. The van der Waals surface area contributed by atoms with Crippen molar-refractivity contribution in [2.75, 3.05) is 0 Å². The van der Waals surface area contributed by atoms with E-state index in [1.165, 1.54) is 18.1 Å². The Balaban J connectivity index is 2.13. The highest BCUT2D eigenvalue weighted by atomic mass is 16.4. The van der Waals surface area contributed by atoms with Crippen LogP contribution in [0.1, 0.15) is 31.4 Å². The first-order valence-corrected chi connectivity index (χ1v) is 6.53. The smallest absolute Gasteiger partial charge is 0.325 e. The molecule has 0 bridgehead atoms. The van der Waals surface area contributed by atoms with Gasteiger partial charge in [0.2, 0.25) is 5.91 Å². The largest absolute Gasteiger partial charge is 0.480 e. The Kier molecular flexibility index (Phi) is 3.60. The molecule has 0 fully saturated rings. The van der Waals surface area contributed by atoms with E-state index in [-0.39, 0.29) is 5.91 Å². The van der Waals surface area contributed by atoms with Crippen LogP contribution in [-0.2, 0) is 22.4 Å². The normalized spacial score (nSPS) is 23.3. The second-order valence-electron chi connectivity index (χ2n) is 5.54. The molecule has 1 amide bonds. The average molecular weight is 261 g/mol. The minimum Gasteiger partial charge on any atom is -0.480 e. The second kappa shape index (κ2) is 5.03. The molecule has 0 radical (unpaired) electrons. The maximum Gasteiger partial charge on any atom is 0.325 e. The Morgan fingerprint density at radius 2 is 1.95 bits per heavy atom. The zero-order chi connectivity index (χ0) is 14.0. The summed E-state index contributed by atoms with van der Waals surface area (Å²) in [5.41, 5.74) is 1.96. The van der Waals surface area contributed by atoms with Crippen molar-refractivity contribution in [2.45, 2.75) is 39.2 Å². The van der Waals surface area contributed by atoms with E-state index < -0.39 is 17.4 Å². The lowest BCUT2D eigenvalue weighted by Gasteiger charge is -2.34. The van der Waals surface area contributed by atoms with Crippen LogP contribution in [0.2, 0.25) is 0 Å². The number of hydrogen-bond acceptors (Lipinski definition) is 2. The maximum atomic E-state index is 12.3. The van der Waals surface area contributed by atoms with Crippen LogP contribution in [0, 0.1) is 5.41 Å². The minimum absolute atomic E-state index is 0.170. The number of hydrogen-bond donors (Lipinski definition) is 2. The summed E-state index contributed by atoms with van der Waals surface area (Å²) >= 11 is 0. The van der Waals surface area contributed by atoms with Crippen LogP contribution in [0.4, 0.5) is 0 Å². The third-order valence-electron chi connectivity index (χ3n) is 3.91. The summed E-state index contributed by atoms with van der Waals surface area (Å²) in [6.45, 7) is 3.40. The molecule has 0 spiro atoms. The summed E-state index contributed by atoms with van der Waals surface area (Å²) in [7, 11) is 0. The van der Waals surface area contributed by atoms with Gasteiger partial charge in [0.05, 0.1) is 5.41 Å². The van der Waals surface area contributed by atoms with Crippen molar-refractivity contribution >= 4 is 11.9 Å². The van der Waals surface area contributed by atoms with Crippen LogP contribution in [0.5, 0.6) is 0 Å². The number of carboxylic acid groups (broad SMARTS) is 1. The molecule has 0 saturated carbocycles. The lowest BCUT2D eigenvalue weighted by molar-refractivity contribution is -0.143.